The van der Waals surface area contributed by atoms with Gasteiger partial charge in [0.1, 0.15) is 5.84 Å². The third-order valence-electron chi connectivity index (χ3n) is 10.4. The fourth-order valence-corrected chi connectivity index (χ4v) is 7.79. The zero-order valence-electron chi connectivity index (χ0n) is 28.4. The largest absolute Gasteiger partial charge is 0.316 e. The Labute approximate surface area is 304 Å². The van der Waals surface area contributed by atoms with E-state index in [0.29, 0.717) is 0 Å². The Morgan fingerprint density at radius 1 is 0.462 bits per heavy atom. The molecule has 1 aliphatic carbocycles. The Bertz CT molecular complexity index is 2420. The summed E-state index contributed by atoms with van der Waals surface area (Å²) in [6, 6.07) is 58.9. The Morgan fingerprint density at radius 3 is 1.58 bits per heavy atom. The summed E-state index contributed by atoms with van der Waals surface area (Å²) in [6.07, 6.45) is 10.6. The molecule has 2 atom stereocenters. The van der Waals surface area contributed by atoms with Crippen LogP contribution in [0, 0.1) is 0 Å². The van der Waals surface area contributed by atoms with Crippen molar-refractivity contribution in [3.8, 4) is 44.6 Å². The molecule has 1 aromatic heterocycles. The Balaban J connectivity index is 1.02. The summed E-state index contributed by atoms with van der Waals surface area (Å²) < 4.78 is 0. The van der Waals surface area contributed by atoms with Crippen molar-refractivity contribution in [2.75, 3.05) is 9.80 Å². The molecule has 6 aromatic carbocycles. The average molecular weight is 667 g/mol. The van der Waals surface area contributed by atoms with Crippen LogP contribution in [0.3, 0.4) is 0 Å². The van der Waals surface area contributed by atoms with Crippen LogP contribution in [0.25, 0.3) is 44.6 Å². The van der Waals surface area contributed by atoms with Gasteiger partial charge >= 0.3 is 0 Å². The number of fused-ring (bicyclic) bond motifs is 8. The van der Waals surface area contributed by atoms with Gasteiger partial charge in [-0.05, 0) is 94.0 Å². The smallest absolute Gasteiger partial charge is 0.138 e. The Kier molecular flexibility index (Phi) is 7.24. The number of pyridine rings is 1. The lowest BCUT2D eigenvalue weighted by Crippen LogP contribution is -2.41. The third-order valence-corrected chi connectivity index (χ3v) is 10.4. The monoisotopic (exact) mass is 666 g/mol. The fourth-order valence-electron chi connectivity index (χ4n) is 7.79. The standard InChI is InChI=1S/C48H34N4/c1-3-10-33(11-4-1)35-17-24-39(25-18-35)51(40-26-19-36(20-27-40)34-12-5-2-6-13-34)41-28-21-37(22-29-41)38-23-30-45-43(32-38)47-42(14-9-31-49-47)48-50-44-15-7-8-16-46(44)52(45)48/h1-32,44,46H. The van der Waals surface area contributed by atoms with E-state index in [1.165, 1.54) is 22.3 Å². The molecule has 3 heterocycles. The summed E-state index contributed by atoms with van der Waals surface area (Å²) in [5.41, 5.74) is 14.8. The molecule has 4 heteroatoms. The average Bonchev–Trinajstić information content (AvgIpc) is 3.63. The zero-order chi connectivity index (χ0) is 34.4. The van der Waals surface area contributed by atoms with Gasteiger partial charge in [-0.3, -0.25) is 9.98 Å². The van der Waals surface area contributed by atoms with E-state index in [4.69, 9.17) is 9.98 Å². The molecule has 0 saturated carbocycles. The SMILES string of the molecule is C1=CC2N=C3c4cccnc4-c4cc(-c5ccc(N(c6ccc(-c7ccccc7)cc6)c6ccc(-c7ccccc7)cc6)cc5)ccc4N3C2C=C1. The van der Waals surface area contributed by atoms with E-state index in [0.717, 1.165) is 56.5 Å². The molecule has 0 radical (unpaired) electrons. The molecule has 0 saturated heterocycles. The van der Waals surface area contributed by atoms with Crippen LogP contribution in [0.1, 0.15) is 5.56 Å². The number of rotatable bonds is 6. The summed E-state index contributed by atoms with van der Waals surface area (Å²) in [7, 11) is 0. The van der Waals surface area contributed by atoms with E-state index in [2.05, 4.69) is 192 Å². The molecule has 246 valence electrons. The number of anilines is 4. The molecule has 0 spiro atoms. The predicted molar refractivity (Wildman–Crippen MR) is 216 cm³/mol. The first-order valence-corrected chi connectivity index (χ1v) is 17.8. The van der Waals surface area contributed by atoms with Gasteiger partial charge in [0.25, 0.3) is 0 Å². The highest BCUT2D eigenvalue weighted by molar-refractivity contribution is 6.20. The molecule has 2 aliphatic heterocycles. The molecule has 0 amide bonds. The van der Waals surface area contributed by atoms with Crippen molar-refractivity contribution in [2.24, 2.45) is 4.99 Å². The lowest BCUT2D eigenvalue weighted by Gasteiger charge is -2.34. The lowest BCUT2D eigenvalue weighted by molar-refractivity contribution is 0.739. The number of nitrogens with zero attached hydrogens (tertiary/aromatic N) is 4. The van der Waals surface area contributed by atoms with Crippen molar-refractivity contribution in [2.45, 2.75) is 12.1 Å². The van der Waals surface area contributed by atoms with Gasteiger partial charge in [-0.25, -0.2) is 0 Å². The number of aromatic nitrogens is 1. The van der Waals surface area contributed by atoms with Crippen LogP contribution in [-0.4, -0.2) is 22.9 Å². The highest BCUT2D eigenvalue weighted by atomic mass is 15.3. The lowest BCUT2D eigenvalue weighted by atomic mass is 9.92. The van der Waals surface area contributed by atoms with Crippen molar-refractivity contribution in [1.29, 1.82) is 0 Å². The number of amidine groups is 1. The summed E-state index contributed by atoms with van der Waals surface area (Å²) in [4.78, 5) is 14.7. The molecule has 4 nitrogen and oxygen atoms in total. The minimum Gasteiger partial charge on any atom is -0.316 e. The van der Waals surface area contributed by atoms with E-state index >= 15 is 0 Å². The van der Waals surface area contributed by atoms with Gasteiger partial charge < -0.3 is 9.80 Å². The van der Waals surface area contributed by atoms with Gasteiger partial charge in [-0.1, -0.05) is 127 Å². The first-order valence-electron chi connectivity index (χ1n) is 17.8. The second-order valence-corrected chi connectivity index (χ2v) is 13.4. The van der Waals surface area contributed by atoms with Crippen LogP contribution in [0.15, 0.2) is 199 Å². The minimum absolute atomic E-state index is 0.109. The second-order valence-electron chi connectivity index (χ2n) is 13.4. The summed E-state index contributed by atoms with van der Waals surface area (Å²) >= 11 is 0. The maximum absolute atomic E-state index is 5.13. The molecule has 7 aromatic rings. The summed E-state index contributed by atoms with van der Waals surface area (Å²) in [5, 5.41) is 0. The van der Waals surface area contributed by atoms with Gasteiger partial charge in [0.2, 0.25) is 0 Å². The molecular formula is C48H34N4. The number of hydrogen-bond donors (Lipinski definition) is 0. The van der Waals surface area contributed by atoms with Gasteiger partial charge in [0, 0.05) is 34.4 Å². The molecule has 0 N–H and O–H groups in total. The molecule has 3 aliphatic rings. The molecule has 52 heavy (non-hydrogen) atoms. The van der Waals surface area contributed by atoms with Crippen molar-refractivity contribution in [3.05, 3.63) is 200 Å². The number of aliphatic imine (C=N–C) groups is 1. The second kappa shape index (κ2) is 12.5. The van der Waals surface area contributed by atoms with Crippen LogP contribution in [0.4, 0.5) is 22.7 Å². The third kappa shape index (κ3) is 5.16. The first kappa shape index (κ1) is 30.1. The van der Waals surface area contributed by atoms with Crippen LogP contribution in [-0.2, 0) is 0 Å². The van der Waals surface area contributed by atoms with Gasteiger partial charge in [0.05, 0.1) is 23.5 Å². The molecule has 0 bridgehead atoms. The number of hydrogen-bond acceptors (Lipinski definition) is 4. The van der Waals surface area contributed by atoms with Crippen LogP contribution < -0.4 is 9.80 Å². The predicted octanol–water partition coefficient (Wildman–Crippen LogP) is 11.7. The Hall–Kier alpha value is -6.78. The zero-order valence-corrected chi connectivity index (χ0v) is 28.4. The summed E-state index contributed by atoms with van der Waals surface area (Å²) in [6.45, 7) is 0. The number of benzene rings is 6. The number of allylic oxidation sites excluding steroid dienone is 2. The molecule has 0 fully saturated rings. The Morgan fingerprint density at radius 2 is 0.981 bits per heavy atom. The maximum atomic E-state index is 5.13. The molecule has 2 unspecified atom stereocenters. The minimum atomic E-state index is 0.109. The highest BCUT2D eigenvalue weighted by Crippen LogP contribution is 2.45. The van der Waals surface area contributed by atoms with Gasteiger partial charge in [0.15, 0.2) is 0 Å². The van der Waals surface area contributed by atoms with E-state index in [9.17, 15) is 0 Å². The van der Waals surface area contributed by atoms with E-state index < -0.39 is 0 Å². The van der Waals surface area contributed by atoms with Crippen molar-refractivity contribution in [3.63, 3.8) is 0 Å². The summed E-state index contributed by atoms with van der Waals surface area (Å²) in [5.74, 6) is 1.01. The van der Waals surface area contributed by atoms with Gasteiger partial charge in [-0.15, -0.1) is 0 Å². The van der Waals surface area contributed by atoms with Crippen LogP contribution in [0.2, 0.25) is 0 Å². The van der Waals surface area contributed by atoms with E-state index in [-0.39, 0.29) is 12.1 Å². The van der Waals surface area contributed by atoms with Gasteiger partial charge in [-0.2, -0.15) is 0 Å². The molecule has 10 rings (SSSR count). The topological polar surface area (TPSA) is 31.7 Å². The highest BCUT2D eigenvalue weighted by Gasteiger charge is 2.40. The quantitative estimate of drug-likeness (QED) is 0.177. The maximum Gasteiger partial charge on any atom is 0.138 e. The first-order chi connectivity index (χ1) is 25.8. The van der Waals surface area contributed by atoms with Crippen LogP contribution in [0.5, 0.6) is 0 Å². The van der Waals surface area contributed by atoms with Crippen molar-refractivity contribution >= 4 is 28.6 Å². The van der Waals surface area contributed by atoms with E-state index in [1.807, 2.05) is 12.3 Å². The van der Waals surface area contributed by atoms with E-state index in [1.54, 1.807) is 0 Å². The fraction of sp³-hybridized carbons (Fsp3) is 0.0417. The molecular weight excluding hydrogens is 633 g/mol. The van der Waals surface area contributed by atoms with Crippen molar-refractivity contribution < 1.29 is 0 Å². The normalized spacial score (nSPS) is 16.4. The van der Waals surface area contributed by atoms with Crippen molar-refractivity contribution in [1.82, 2.24) is 4.98 Å². The van der Waals surface area contributed by atoms with Crippen LogP contribution >= 0.6 is 0 Å².